The standard InChI is InChI=1S/C20H22FNO3S/c1-3-12-5-10-15-16(11-12)26-19(17(15)20(24)25-4-2)22-18(23)13-6-8-14(21)9-7-13/h6-9,12H,3-5,10-11H2,1-2H3,(H,22,23)/t12-/m0/s1. The summed E-state index contributed by atoms with van der Waals surface area (Å²) in [6.45, 7) is 4.22. The van der Waals surface area contributed by atoms with E-state index in [-0.39, 0.29) is 12.5 Å². The molecule has 1 aromatic heterocycles. The number of halogens is 1. The summed E-state index contributed by atoms with van der Waals surface area (Å²) in [4.78, 5) is 26.2. The highest BCUT2D eigenvalue weighted by Gasteiger charge is 2.29. The van der Waals surface area contributed by atoms with Crippen LogP contribution < -0.4 is 5.32 Å². The van der Waals surface area contributed by atoms with E-state index in [4.69, 9.17) is 4.74 Å². The van der Waals surface area contributed by atoms with Crippen molar-refractivity contribution >= 4 is 28.2 Å². The van der Waals surface area contributed by atoms with Gasteiger partial charge in [0, 0.05) is 10.4 Å². The Morgan fingerprint density at radius 2 is 2.00 bits per heavy atom. The smallest absolute Gasteiger partial charge is 0.341 e. The quantitative estimate of drug-likeness (QED) is 0.762. The number of hydrogen-bond acceptors (Lipinski definition) is 4. The molecule has 1 aromatic carbocycles. The number of ether oxygens (including phenoxy) is 1. The van der Waals surface area contributed by atoms with Crippen molar-refractivity contribution in [2.24, 2.45) is 5.92 Å². The maximum absolute atomic E-state index is 13.1. The monoisotopic (exact) mass is 375 g/mol. The van der Waals surface area contributed by atoms with Crippen molar-refractivity contribution in [3.05, 3.63) is 51.7 Å². The largest absolute Gasteiger partial charge is 0.462 e. The van der Waals surface area contributed by atoms with E-state index in [2.05, 4.69) is 12.2 Å². The predicted molar refractivity (Wildman–Crippen MR) is 100 cm³/mol. The molecule has 138 valence electrons. The zero-order valence-electron chi connectivity index (χ0n) is 14.9. The summed E-state index contributed by atoms with van der Waals surface area (Å²) in [6, 6.07) is 5.34. The van der Waals surface area contributed by atoms with Crippen LogP contribution in [0.25, 0.3) is 0 Å². The highest BCUT2D eigenvalue weighted by atomic mass is 32.1. The molecule has 1 amide bonds. The first-order valence-electron chi connectivity index (χ1n) is 8.92. The van der Waals surface area contributed by atoms with Gasteiger partial charge in [0.2, 0.25) is 0 Å². The summed E-state index contributed by atoms with van der Waals surface area (Å²) in [5.74, 6) is -0.543. The number of esters is 1. The van der Waals surface area contributed by atoms with Crippen LogP contribution >= 0.6 is 11.3 Å². The molecule has 0 saturated heterocycles. The summed E-state index contributed by atoms with van der Waals surface area (Å²) in [5.41, 5.74) is 1.84. The average molecular weight is 375 g/mol. The van der Waals surface area contributed by atoms with Crippen molar-refractivity contribution < 1.29 is 18.7 Å². The minimum absolute atomic E-state index is 0.284. The third kappa shape index (κ3) is 3.80. The van der Waals surface area contributed by atoms with Crippen molar-refractivity contribution in [3.8, 4) is 0 Å². The molecular formula is C20H22FNO3S. The third-order valence-corrected chi connectivity index (χ3v) is 5.93. The Morgan fingerprint density at radius 3 is 2.65 bits per heavy atom. The number of anilines is 1. The number of carbonyl (C=O) groups is 2. The summed E-state index contributed by atoms with van der Waals surface area (Å²) >= 11 is 1.45. The molecule has 26 heavy (non-hydrogen) atoms. The Morgan fingerprint density at radius 1 is 1.27 bits per heavy atom. The van der Waals surface area contributed by atoms with Crippen LogP contribution in [0.4, 0.5) is 9.39 Å². The van der Waals surface area contributed by atoms with Crippen LogP contribution in [0.1, 0.15) is 57.8 Å². The van der Waals surface area contributed by atoms with Crippen molar-refractivity contribution in [2.75, 3.05) is 11.9 Å². The zero-order valence-corrected chi connectivity index (χ0v) is 15.7. The summed E-state index contributed by atoms with van der Waals surface area (Å²) < 4.78 is 18.3. The first-order valence-corrected chi connectivity index (χ1v) is 9.73. The Balaban J connectivity index is 1.92. The summed E-state index contributed by atoms with van der Waals surface area (Å²) in [6.07, 6.45) is 3.89. The van der Waals surface area contributed by atoms with E-state index in [1.165, 1.54) is 35.6 Å². The number of benzene rings is 1. The van der Waals surface area contributed by atoms with Gasteiger partial charge in [-0.25, -0.2) is 9.18 Å². The van der Waals surface area contributed by atoms with E-state index in [9.17, 15) is 14.0 Å². The first-order chi connectivity index (χ1) is 12.5. The van der Waals surface area contributed by atoms with E-state index >= 15 is 0 Å². The molecule has 6 heteroatoms. The minimum atomic E-state index is -0.397. The third-order valence-electron chi connectivity index (χ3n) is 4.76. The highest BCUT2D eigenvalue weighted by molar-refractivity contribution is 7.17. The second-order valence-electron chi connectivity index (χ2n) is 6.41. The number of nitrogens with one attached hydrogen (secondary N) is 1. The van der Waals surface area contributed by atoms with Crippen LogP contribution in [0, 0.1) is 11.7 Å². The van der Waals surface area contributed by atoms with Crippen molar-refractivity contribution in [2.45, 2.75) is 39.5 Å². The van der Waals surface area contributed by atoms with E-state index in [1.54, 1.807) is 6.92 Å². The molecule has 0 radical (unpaired) electrons. The molecular weight excluding hydrogens is 353 g/mol. The normalized spacial score (nSPS) is 16.0. The molecule has 1 N–H and O–H groups in total. The Bertz CT molecular complexity index is 813. The Labute approximate surface area is 156 Å². The zero-order chi connectivity index (χ0) is 18.7. The van der Waals surface area contributed by atoms with Crippen LogP contribution in [0.5, 0.6) is 0 Å². The predicted octanol–water partition coefficient (Wildman–Crippen LogP) is 4.83. The number of amides is 1. The Hall–Kier alpha value is -2.21. The summed E-state index contributed by atoms with van der Waals surface area (Å²) in [7, 11) is 0. The van der Waals surface area contributed by atoms with Crippen LogP contribution in [-0.4, -0.2) is 18.5 Å². The van der Waals surface area contributed by atoms with Gasteiger partial charge in [0.25, 0.3) is 5.91 Å². The highest BCUT2D eigenvalue weighted by Crippen LogP contribution is 2.41. The molecule has 0 spiro atoms. The van der Waals surface area contributed by atoms with Gasteiger partial charge < -0.3 is 10.1 Å². The van der Waals surface area contributed by atoms with Crippen molar-refractivity contribution in [1.82, 2.24) is 0 Å². The van der Waals surface area contributed by atoms with Crippen LogP contribution in [0.3, 0.4) is 0 Å². The second-order valence-corrected chi connectivity index (χ2v) is 7.51. The van der Waals surface area contributed by atoms with Gasteiger partial charge in [0.1, 0.15) is 10.8 Å². The molecule has 0 unspecified atom stereocenters. The molecule has 0 fully saturated rings. The molecule has 2 aromatic rings. The lowest BCUT2D eigenvalue weighted by Gasteiger charge is -2.20. The van der Waals surface area contributed by atoms with Crippen molar-refractivity contribution in [1.29, 1.82) is 0 Å². The number of rotatable bonds is 5. The number of hydrogen-bond donors (Lipinski definition) is 1. The molecule has 1 aliphatic carbocycles. The van der Waals surface area contributed by atoms with Gasteiger partial charge in [-0.1, -0.05) is 13.3 Å². The lowest BCUT2D eigenvalue weighted by molar-refractivity contribution is 0.0526. The SMILES string of the molecule is CCOC(=O)c1c(NC(=O)c2ccc(F)cc2)sc2c1CC[C@H](CC)C2. The molecule has 3 rings (SSSR count). The number of carbonyl (C=O) groups excluding carboxylic acids is 2. The van der Waals surface area contributed by atoms with E-state index in [0.717, 1.165) is 36.1 Å². The second kappa shape index (κ2) is 7.99. The van der Waals surface area contributed by atoms with Gasteiger partial charge in [-0.2, -0.15) is 0 Å². The molecule has 0 aliphatic heterocycles. The van der Waals surface area contributed by atoms with Crippen LogP contribution in [0.15, 0.2) is 24.3 Å². The fourth-order valence-corrected chi connectivity index (χ4v) is 4.63. The molecule has 1 aliphatic rings. The van der Waals surface area contributed by atoms with Gasteiger partial charge >= 0.3 is 5.97 Å². The van der Waals surface area contributed by atoms with Crippen LogP contribution in [0.2, 0.25) is 0 Å². The summed E-state index contributed by atoms with van der Waals surface area (Å²) in [5, 5.41) is 3.36. The molecule has 0 bridgehead atoms. The van der Waals surface area contributed by atoms with E-state index < -0.39 is 11.8 Å². The number of fused-ring (bicyclic) bond motifs is 1. The maximum atomic E-state index is 13.1. The first kappa shape index (κ1) is 18.6. The van der Waals surface area contributed by atoms with E-state index in [1.807, 2.05) is 0 Å². The topological polar surface area (TPSA) is 55.4 Å². The van der Waals surface area contributed by atoms with E-state index in [0.29, 0.717) is 22.0 Å². The fraction of sp³-hybridized carbons (Fsp3) is 0.400. The minimum Gasteiger partial charge on any atom is -0.462 e. The van der Waals surface area contributed by atoms with Crippen molar-refractivity contribution in [3.63, 3.8) is 0 Å². The molecule has 4 nitrogen and oxygen atoms in total. The van der Waals surface area contributed by atoms with Gasteiger partial charge in [-0.05, 0) is 61.9 Å². The lowest BCUT2D eigenvalue weighted by Crippen LogP contribution is -2.17. The Kier molecular flexibility index (Phi) is 5.71. The van der Waals surface area contributed by atoms with Gasteiger partial charge in [0.05, 0.1) is 12.2 Å². The van der Waals surface area contributed by atoms with Gasteiger partial charge in [-0.3, -0.25) is 4.79 Å². The molecule has 1 heterocycles. The average Bonchev–Trinajstić information content (AvgIpc) is 2.99. The lowest BCUT2D eigenvalue weighted by atomic mass is 9.85. The number of thiophene rings is 1. The molecule has 1 atom stereocenters. The van der Waals surface area contributed by atoms with Crippen LogP contribution in [-0.2, 0) is 17.6 Å². The maximum Gasteiger partial charge on any atom is 0.341 e. The van der Waals surface area contributed by atoms with Gasteiger partial charge in [-0.15, -0.1) is 11.3 Å². The fourth-order valence-electron chi connectivity index (χ4n) is 3.29. The molecule has 0 saturated carbocycles. The van der Waals surface area contributed by atoms with Gasteiger partial charge in [0.15, 0.2) is 0 Å².